The molecule has 2 aromatic carbocycles. The van der Waals surface area contributed by atoms with E-state index in [0.717, 1.165) is 58.1 Å². The Morgan fingerprint density at radius 3 is 2.75 bits per heavy atom. The molecule has 0 saturated carbocycles. The van der Waals surface area contributed by atoms with Crippen molar-refractivity contribution in [1.82, 2.24) is 24.8 Å². The van der Waals surface area contributed by atoms with Gasteiger partial charge in [-0.25, -0.2) is 15.0 Å². The lowest BCUT2D eigenvalue weighted by atomic mass is 10.1. The molecule has 4 aromatic rings. The SMILES string of the molecule is COc1cccc(Cc2nc3cc(-c4ccnc(N)n4)cc(OCCCN(C)C)c3[nH]2)c1. The zero-order chi connectivity index (χ0) is 22.5. The van der Waals surface area contributed by atoms with Gasteiger partial charge in [0.25, 0.3) is 0 Å². The summed E-state index contributed by atoms with van der Waals surface area (Å²) in [6.45, 7) is 1.56. The predicted molar refractivity (Wildman–Crippen MR) is 126 cm³/mol. The van der Waals surface area contributed by atoms with E-state index in [1.165, 1.54) is 0 Å². The number of nitrogens with zero attached hydrogens (tertiary/aromatic N) is 4. The first-order valence-corrected chi connectivity index (χ1v) is 10.5. The lowest BCUT2D eigenvalue weighted by molar-refractivity contribution is 0.284. The van der Waals surface area contributed by atoms with Crippen LogP contribution in [0.25, 0.3) is 22.3 Å². The maximum Gasteiger partial charge on any atom is 0.220 e. The Hall–Kier alpha value is -3.65. The van der Waals surface area contributed by atoms with Gasteiger partial charge in [0.1, 0.15) is 22.8 Å². The maximum absolute atomic E-state index is 6.17. The summed E-state index contributed by atoms with van der Waals surface area (Å²) in [6.07, 6.45) is 3.23. The third kappa shape index (κ3) is 5.15. The molecular weight excluding hydrogens is 404 g/mol. The van der Waals surface area contributed by atoms with E-state index in [9.17, 15) is 0 Å². The second-order valence-electron chi connectivity index (χ2n) is 7.89. The summed E-state index contributed by atoms with van der Waals surface area (Å²) in [7, 11) is 5.78. The van der Waals surface area contributed by atoms with Gasteiger partial charge in [0.15, 0.2) is 0 Å². The molecule has 0 fully saturated rings. The average Bonchev–Trinajstić information content (AvgIpc) is 3.19. The number of nitrogen functional groups attached to an aromatic ring is 1. The molecule has 0 saturated heterocycles. The fourth-order valence-electron chi connectivity index (χ4n) is 3.55. The number of H-pyrrole nitrogens is 1. The molecule has 8 nitrogen and oxygen atoms in total. The van der Waals surface area contributed by atoms with E-state index in [1.807, 2.05) is 36.4 Å². The Balaban J connectivity index is 1.68. The van der Waals surface area contributed by atoms with Crippen LogP contribution in [0.2, 0.25) is 0 Å². The minimum Gasteiger partial charge on any atom is -0.497 e. The topological polar surface area (TPSA) is 102 Å². The number of aromatic amines is 1. The second-order valence-corrected chi connectivity index (χ2v) is 7.89. The van der Waals surface area contributed by atoms with Gasteiger partial charge < -0.3 is 25.1 Å². The van der Waals surface area contributed by atoms with Crippen molar-refractivity contribution in [2.75, 3.05) is 40.1 Å². The van der Waals surface area contributed by atoms with Crippen molar-refractivity contribution >= 4 is 17.0 Å². The number of hydrogen-bond acceptors (Lipinski definition) is 7. The molecule has 0 aliphatic carbocycles. The van der Waals surface area contributed by atoms with Crippen LogP contribution in [0.1, 0.15) is 17.8 Å². The summed E-state index contributed by atoms with van der Waals surface area (Å²) in [5.41, 5.74) is 10.2. The number of fused-ring (bicyclic) bond motifs is 1. The quantitative estimate of drug-likeness (QED) is 0.390. The van der Waals surface area contributed by atoms with Gasteiger partial charge in [-0.1, -0.05) is 12.1 Å². The predicted octanol–water partition coefficient (Wildman–Crippen LogP) is 3.53. The molecule has 166 valence electrons. The third-order valence-electron chi connectivity index (χ3n) is 5.09. The van der Waals surface area contributed by atoms with Crippen molar-refractivity contribution < 1.29 is 9.47 Å². The molecule has 4 rings (SSSR count). The van der Waals surface area contributed by atoms with Crippen LogP contribution in [-0.4, -0.2) is 59.2 Å². The Kier molecular flexibility index (Phi) is 6.51. The molecule has 0 aliphatic heterocycles. The number of ether oxygens (including phenoxy) is 2. The Morgan fingerprint density at radius 2 is 1.97 bits per heavy atom. The van der Waals surface area contributed by atoms with Gasteiger partial charge in [0.2, 0.25) is 5.95 Å². The summed E-state index contributed by atoms with van der Waals surface area (Å²) >= 11 is 0. The molecule has 2 aromatic heterocycles. The van der Waals surface area contributed by atoms with Crippen molar-refractivity contribution in [1.29, 1.82) is 0 Å². The van der Waals surface area contributed by atoms with E-state index in [0.29, 0.717) is 13.0 Å². The molecule has 0 spiro atoms. The van der Waals surface area contributed by atoms with Crippen LogP contribution in [-0.2, 0) is 6.42 Å². The van der Waals surface area contributed by atoms with Crippen LogP contribution in [0.4, 0.5) is 5.95 Å². The lowest BCUT2D eigenvalue weighted by Gasteiger charge is -2.12. The highest BCUT2D eigenvalue weighted by atomic mass is 16.5. The van der Waals surface area contributed by atoms with E-state index in [4.69, 9.17) is 20.2 Å². The third-order valence-corrected chi connectivity index (χ3v) is 5.09. The number of anilines is 1. The zero-order valence-corrected chi connectivity index (χ0v) is 18.6. The number of nitrogens with one attached hydrogen (secondary N) is 1. The van der Waals surface area contributed by atoms with Crippen molar-refractivity contribution in [3.8, 4) is 22.8 Å². The zero-order valence-electron chi connectivity index (χ0n) is 18.6. The highest BCUT2D eigenvalue weighted by molar-refractivity contribution is 5.87. The maximum atomic E-state index is 6.17. The minimum absolute atomic E-state index is 0.233. The number of benzene rings is 2. The molecule has 0 unspecified atom stereocenters. The number of imidazole rings is 1. The molecule has 2 heterocycles. The highest BCUT2D eigenvalue weighted by Gasteiger charge is 2.14. The summed E-state index contributed by atoms with van der Waals surface area (Å²) in [5.74, 6) is 2.66. The van der Waals surface area contributed by atoms with E-state index < -0.39 is 0 Å². The lowest BCUT2D eigenvalue weighted by Crippen LogP contribution is -2.15. The molecule has 0 atom stereocenters. The Morgan fingerprint density at radius 1 is 1.09 bits per heavy atom. The van der Waals surface area contributed by atoms with E-state index >= 15 is 0 Å². The Bertz CT molecular complexity index is 1200. The first-order chi connectivity index (χ1) is 15.5. The van der Waals surface area contributed by atoms with Crippen molar-refractivity contribution in [3.05, 3.63) is 60.0 Å². The average molecular weight is 433 g/mol. The van der Waals surface area contributed by atoms with Crippen LogP contribution in [0, 0.1) is 0 Å². The second kappa shape index (κ2) is 9.65. The smallest absolute Gasteiger partial charge is 0.220 e. The summed E-state index contributed by atoms with van der Waals surface area (Å²) in [5, 5.41) is 0. The largest absolute Gasteiger partial charge is 0.497 e. The van der Waals surface area contributed by atoms with Crippen LogP contribution < -0.4 is 15.2 Å². The normalized spacial score (nSPS) is 11.2. The van der Waals surface area contributed by atoms with Gasteiger partial charge in [0.05, 0.1) is 24.9 Å². The first-order valence-electron chi connectivity index (χ1n) is 10.5. The van der Waals surface area contributed by atoms with Gasteiger partial charge >= 0.3 is 0 Å². The number of nitrogens with two attached hydrogens (primary N) is 1. The summed E-state index contributed by atoms with van der Waals surface area (Å²) in [6, 6.07) is 13.8. The van der Waals surface area contributed by atoms with E-state index in [2.05, 4.69) is 40.0 Å². The fourth-order valence-corrected chi connectivity index (χ4v) is 3.55. The van der Waals surface area contributed by atoms with Crippen molar-refractivity contribution in [3.63, 3.8) is 0 Å². The number of hydrogen-bond donors (Lipinski definition) is 2. The minimum atomic E-state index is 0.233. The highest BCUT2D eigenvalue weighted by Crippen LogP contribution is 2.31. The van der Waals surface area contributed by atoms with Crippen LogP contribution in [0.15, 0.2) is 48.7 Å². The molecule has 0 aliphatic rings. The monoisotopic (exact) mass is 432 g/mol. The van der Waals surface area contributed by atoms with Crippen LogP contribution in [0.3, 0.4) is 0 Å². The van der Waals surface area contributed by atoms with E-state index in [1.54, 1.807) is 13.3 Å². The van der Waals surface area contributed by atoms with Gasteiger partial charge in [0, 0.05) is 24.7 Å². The molecule has 32 heavy (non-hydrogen) atoms. The standard InChI is InChI=1S/C24H28N6O2/c1-30(2)10-5-11-32-21-15-17(19-8-9-26-24(25)28-19)14-20-23(21)29-22(27-20)13-16-6-4-7-18(12-16)31-3/h4,6-9,12,14-15H,5,10-11,13H2,1-3H3,(H,27,29)(H2,25,26,28). The number of rotatable bonds is 9. The molecule has 0 amide bonds. The number of methoxy groups -OCH3 is 1. The van der Waals surface area contributed by atoms with Crippen LogP contribution >= 0.6 is 0 Å². The van der Waals surface area contributed by atoms with Gasteiger partial charge in [-0.3, -0.25) is 0 Å². The van der Waals surface area contributed by atoms with Gasteiger partial charge in [-0.2, -0.15) is 0 Å². The van der Waals surface area contributed by atoms with Gasteiger partial charge in [-0.05, 0) is 56.4 Å². The van der Waals surface area contributed by atoms with Crippen molar-refractivity contribution in [2.24, 2.45) is 0 Å². The molecule has 3 N–H and O–H groups in total. The molecule has 0 bridgehead atoms. The Labute approximate surface area is 187 Å². The van der Waals surface area contributed by atoms with Gasteiger partial charge in [-0.15, -0.1) is 0 Å². The van der Waals surface area contributed by atoms with Crippen molar-refractivity contribution in [2.45, 2.75) is 12.8 Å². The summed E-state index contributed by atoms with van der Waals surface area (Å²) < 4.78 is 11.5. The van der Waals surface area contributed by atoms with Crippen LogP contribution in [0.5, 0.6) is 11.5 Å². The molecular formula is C24H28N6O2. The molecule has 8 heteroatoms. The fraction of sp³-hybridized carbons (Fsp3) is 0.292. The summed E-state index contributed by atoms with van der Waals surface area (Å²) in [4.78, 5) is 18.8. The number of aromatic nitrogens is 4. The molecule has 0 radical (unpaired) electrons. The first kappa shape index (κ1) is 21.6. The van der Waals surface area contributed by atoms with E-state index in [-0.39, 0.29) is 5.95 Å².